The summed E-state index contributed by atoms with van der Waals surface area (Å²) in [5.41, 5.74) is 0. The van der Waals surface area contributed by atoms with Gasteiger partial charge in [-0.25, -0.2) is 0 Å². The number of rotatable bonds is 2. The van der Waals surface area contributed by atoms with Crippen LogP contribution in [-0.2, 0) is 0 Å². The molecule has 0 saturated carbocycles. The van der Waals surface area contributed by atoms with Crippen LogP contribution in [0, 0.1) is 13.0 Å². The standard InChI is InChI=1S/C9H20N2/c1-10(2)8-9-4-6-11(3)7-5-9/h9-10H,1,4-8H2,2-3H3. The van der Waals surface area contributed by atoms with E-state index >= 15 is 0 Å². The van der Waals surface area contributed by atoms with E-state index in [-0.39, 0.29) is 0 Å². The number of hydrogen-bond donors (Lipinski definition) is 1. The SMILES string of the molecule is [CH2-][NH+](C)CC1CCN(C)CC1. The van der Waals surface area contributed by atoms with Crippen molar-refractivity contribution >= 4 is 0 Å². The van der Waals surface area contributed by atoms with Crippen molar-refractivity contribution in [1.82, 2.24) is 4.90 Å². The molecule has 0 amide bonds. The van der Waals surface area contributed by atoms with E-state index in [4.69, 9.17) is 0 Å². The summed E-state index contributed by atoms with van der Waals surface area (Å²) in [5.74, 6) is 0.920. The number of hydrogen-bond acceptors (Lipinski definition) is 1. The van der Waals surface area contributed by atoms with Crippen LogP contribution in [0.3, 0.4) is 0 Å². The first kappa shape index (κ1) is 9.01. The van der Waals surface area contributed by atoms with Crippen molar-refractivity contribution in [2.45, 2.75) is 12.8 Å². The molecule has 0 spiro atoms. The molecule has 1 fully saturated rings. The van der Waals surface area contributed by atoms with Crippen LogP contribution in [0.4, 0.5) is 0 Å². The summed E-state index contributed by atoms with van der Waals surface area (Å²) in [6.07, 6.45) is 2.73. The van der Waals surface area contributed by atoms with Gasteiger partial charge in [0.15, 0.2) is 0 Å². The maximum absolute atomic E-state index is 3.95. The third kappa shape index (κ3) is 3.21. The molecule has 0 radical (unpaired) electrons. The molecule has 1 heterocycles. The van der Waals surface area contributed by atoms with E-state index in [0.29, 0.717) is 0 Å². The van der Waals surface area contributed by atoms with E-state index in [1.165, 1.54) is 37.4 Å². The minimum atomic E-state index is 0.920. The summed E-state index contributed by atoms with van der Waals surface area (Å²) in [4.78, 5) is 3.76. The Morgan fingerprint density at radius 3 is 2.45 bits per heavy atom. The Bertz CT molecular complexity index is 104. The fourth-order valence-electron chi connectivity index (χ4n) is 1.76. The van der Waals surface area contributed by atoms with Gasteiger partial charge in [0, 0.05) is 13.0 Å². The number of nitrogens with one attached hydrogen (secondary N) is 1. The van der Waals surface area contributed by atoms with Gasteiger partial charge >= 0.3 is 0 Å². The summed E-state index contributed by atoms with van der Waals surface area (Å²) in [6.45, 7) is 3.80. The third-order valence-electron chi connectivity index (χ3n) is 2.48. The molecular formula is C9H20N2. The molecule has 66 valence electrons. The number of piperidine rings is 1. The van der Waals surface area contributed by atoms with Crippen molar-refractivity contribution in [3.05, 3.63) is 7.05 Å². The van der Waals surface area contributed by atoms with Gasteiger partial charge in [0.1, 0.15) is 0 Å². The van der Waals surface area contributed by atoms with Crippen LogP contribution >= 0.6 is 0 Å². The zero-order chi connectivity index (χ0) is 8.27. The van der Waals surface area contributed by atoms with Gasteiger partial charge in [-0.3, -0.25) is 0 Å². The first-order chi connectivity index (χ1) is 5.18. The quantitative estimate of drug-likeness (QED) is 0.536. The van der Waals surface area contributed by atoms with Crippen molar-refractivity contribution < 1.29 is 4.90 Å². The molecule has 1 N–H and O–H groups in total. The molecule has 0 aromatic heterocycles. The second kappa shape index (κ2) is 4.07. The second-order valence-electron chi connectivity index (χ2n) is 3.91. The van der Waals surface area contributed by atoms with Gasteiger partial charge in [-0.15, -0.1) is 0 Å². The Hall–Kier alpha value is -0.0800. The zero-order valence-electron chi connectivity index (χ0n) is 7.77. The Labute approximate surface area is 70.2 Å². The van der Waals surface area contributed by atoms with Gasteiger partial charge < -0.3 is 9.80 Å². The van der Waals surface area contributed by atoms with E-state index in [2.05, 4.69) is 26.0 Å². The second-order valence-corrected chi connectivity index (χ2v) is 3.91. The minimum Gasteiger partial charge on any atom is -0.470 e. The molecule has 1 unspecified atom stereocenters. The van der Waals surface area contributed by atoms with E-state index in [1.54, 1.807) is 0 Å². The summed E-state index contributed by atoms with van der Waals surface area (Å²) >= 11 is 0. The van der Waals surface area contributed by atoms with Crippen LogP contribution in [0.1, 0.15) is 12.8 Å². The normalized spacial score (nSPS) is 25.4. The van der Waals surface area contributed by atoms with E-state index < -0.39 is 0 Å². The molecule has 0 aromatic rings. The van der Waals surface area contributed by atoms with Crippen molar-refractivity contribution in [2.24, 2.45) is 5.92 Å². The molecule has 0 aromatic carbocycles. The Balaban J connectivity index is 2.17. The molecule has 1 rings (SSSR count). The molecule has 2 nitrogen and oxygen atoms in total. The van der Waals surface area contributed by atoms with Crippen molar-refractivity contribution in [2.75, 3.05) is 33.7 Å². The minimum absolute atomic E-state index is 0.920. The third-order valence-corrected chi connectivity index (χ3v) is 2.48. The summed E-state index contributed by atoms with van der Waals surface area (Å²) < 4.78 is 0. The fourth-order valence-corrected chi connectivity index (χ4v) is 1.76. The largest absolute Gasteiger partial charge is 0.470 e. The average molecular weight is 156 g/mol. The summed E-state index contributed by atoms with van der Waals surface area (Å²) in [7, 11) is 8.30. The highest BCUT2D eigenvalue weighted by atomic mass is 15.1. The van der Waals surface area contributed by atoms with Crippen molar-refractivity contribution in [3.8, 4) is 0 Å². The zero-order valence-corrected chi connectivity index (χ0v) is 7.77. The van der Waals surface area contributed by atoms with Crippen molar-refractivity contribution in [1.29, 1.82) is 0 Å². The van der Waals surface area contributed by atoms with Crippen molar-refractivity contribution in [3.63, 3.8) is 0 Å². The van der Waals surface area contributed by atoms with E-state index in [0.717, 1.165) is 5.92 Å². The van der Waals surface area contributed by atoms with Gasteiger partial charge in [0.25, 0.3) is 0 Å². The molecule has 1 saturated heterocycles. The van der Waals surface area contributed by atoms with Gasteiger partial charge in [0.2, 0.25) is 0 Å². The van der Waals surface area contributed by atoms with Crippen LogP contribution < -0.4 is 4.90 Å². The van der Waals surface area contributed by atoms with Crippen LogP contribution in [0.25, 0.3) is 0 Å². The Morgan fingerprint density at radius 1 is 1.45 bits per heavy atom. The molecule has 1 atom stereocenters. The maximum atomic E-state index is 3.95. The Morgan fingerprint density at radius 2 is 2.00 bits per heavy atom. The first-order valence-electron chi connectivity index (χ1n) is 4.51. The van der Waals surface area contributed by atoms with E-state index in [9.17, 15) is 0 Å². The molecule has 0 bridgehead atoms. The van der Waals surface area contributed by atoms with E-state index in [1.807, 2.05) is 0 Å². The highest BCUT2D eigenvalue weighted by Crippen LogP contribution is 2.13. The van der Waals surface area contributed by atoms with Crippen LogP contribution in [0.15, 0.2) is 0 Å². The predicted octanol–water partition coefficient (Wildman–Crippen LogP) is -0.366. The molecule has 0 aliphatic carbocycles. The van der Waals surface area contributed by atoms with Crippen LogP contribution in [0.5, 0.6) is 0 Å². The number of quaternary nitrogens is 1. The lowest BCUT2D eigenvalue weighted by Crippen LogP contribution is -3.04. The molecule has 1 aliphatic rings. The van der Waals surface area contributed by atoms with Gasteiger partial charge in [-0.05, 0) is 33.0 Å². The lowest BCUT2D eigenvalue weighted by molar-refractivity contribution is -0.835. The summed E-state index contributed by atoms with van der Waals surface area (Å²) in [5, 5.41) is 0. The number of likely N-dealkylation sites (tertiary alicyclic amines) is 1. The fraction of sp³-hybridized carbons (Fsp3) is 0.889. The maximum Gasteiger partial charge on any atom is 0.0557 e. The molecule has 2 heteroatoms. The number of nitrogens with zero attached hydrogens (tertiary/aromatic N) is 1. The highest BCUT2D eigenvalue weighted by molar-refractivity contribution is 4.68. The van der Waals surface area contributed by atoms with Gasteiger partial charge in [0.05, 0.1) is 6.54 Å². The first-order valence-corrected chi connectivity index (χ1v) is 4.51. The Kier molecular flexibility index (Phi) is 3.34. The van der Waals surface area contributed by atoms with Crippen LogP contribution in [0.2, 0.25) is 0 Å². The lowest BCUT2D eigenvalue weighted by Gasteiger charge is -2.30. The highest BCUT2D eigenvalue weighted by Gasteiger charge is 2.17. The van der Waals surface area contributed by atoms with Gasteiger partial charge in [-0.1, -0.05) is 0 Å². The monoisotopic (exact) mass is 156 g/mol. The van der Waals surface area contributed by atoms with Crippen LogP contribution in [-0.4, -0.2) is 38.6 Å². The lowest BCUT2D eigenvalue weighted by atomic mass is 9.97. The molecular weight excluding hydrogens is 136 g/mol. The molecule has 11 heavy (non-hydrogen) atoms. The summed E-state index contributed by atoms with van der Waals surface area (Å²) in [6, 6.07) is 0. The predicted molar refractivity (Wildman–Crippen MR) is 47.3 cm³/mol. The smallest absolute Gasteiger partial charge is 0.0557 e. The molecule has 1 aliphatic heterocycles. The van der Waals surface area contributed by atoms with Gasteiger partial charge in [-0.2, -0.15) is 7.05 Å². The average Bonchev–Trinajstić information content (AvgIpc) is 1.93. The topological polar surface area (TPSA) is 7.68 Å².